The smallest absolute Gasteiger partial charge is 0.250 e. The number of rotatable bonds is 4. The molecule has 0 spiro atoms. The van der Waals surface area contributed by atoms with Crippen molar-refractivity contribution >= 4 is 11.8 Å². The highest BCUT2D eigenvalue weighted by molar-refractivity contribution is 5.79. The molecule has 6 heteroatoms. The normalized spacial score (nSPS) is 23.4. The van der Waals surface area contributed by atoms with Crippen LogP contribution in [0.25, 0.3) is 0 Å². The van der Waals surface area contributed by atoms with Crippen LogP contribution in [0, 0.1) is 0 Å². The van der Waals surface area contributed by atoms with Crippen molar-refractivity contribution in [1.29, 1.82) is 0 Å². The lowest BCUT2D eigenvalue weighted by molar-refractivity contribution is -0.145. The Balaban J connectivity index is 1.78. The molecule has 0 bridgehead atoms. The molecule has 2 amide bonds. The predicted octanol–water partition coefficient (Wildman–Crippen LogP) is -0.560. The topological polar surface area (TPSA) is 59.1 Å². The van der Waals surface area contributed by atoms with E-state index < -0.39 is 0 Å². The lowest BCUT2D eigenvalue weighted by Gasteiger charge is -2.33. The summed E-state index contributed by atoms with van der Waals surface area (Å²) in [5.74, 6) is 0.0678. The molecule has 0 aromatic carbocycles. The van der Waals surface area contributed by atoms with Crippen LogP contribution in [0.15, 0.2) is 0 Å². The Hall–Kier alpha value is -1.14. The van der Waals surface area contributed by atoms with Crippen LogP contribution in [0.4, 0.5) is 0 Å². The first-order valence-corrected chi connectivity index (χ1v) is 5.91. The van der Waals surface area contributed by atoms with Crippen LogP contribution < -0.4 is 0 Å². The molecule has 6 nitrogen and oxygen atoms in total. The molecular weight excluding hydrogens is 224 g/mol. The molecule has 2 rings (SSSR count). The van der Waals surface area contributed by atoms with Gasteiger partial charge in [-0.25, -0.2) is 0 Å². The van der Waals surface area contributed by atoms with E-state index in [9.17, 15) is 9.59 Å². The summed E-state index contributed by atoms with van der Waals surface area (Å²) in [5.41, 5.74) is 0. The quantitative estimate of drug-likeness (QED) is 0.663. The third kappa shape index (κ3) is 2.95. The van der Waals surface area contributed by atoms with Gasteiger partial charge in [0, 0.05) is 19.1 Å². The molecule has 96 valence electrons. The summed E-state index contributed by atoms with van der Waals surface area (Å²) >= 11 is 0. The average molecular weight is 242 g/mol. The maximum absolute atomic E-state index is 11.6. The van der Waals surface area contributed by atoms with E-state index in [-0.39, 0.29) is 31.1 Å². The molecule has 2 heterocycles. The molecule has 2 fully saturated rings. The first-order valence-electron chi connectivity index (χ1n) is 5.91. The Morgan fingerprint density at radius 2 is 2.00 bits per heavy atom. The van der Waals surface area contributed by atoms with Crippen LogP contribution in [0.1, 0.15) is 13.3 Å². The van der Waals surface area contributed by atoms with Crippen molar-refractivity contribution in [1.82, 2.24) is 9.80 Å². The van der Waals surface area contributed by atoms with Crippen LogP contribution in [-0.4, -0.2) is 67.3 Å². The number of amides is 2. The molecule has 2 aliphatic heterocycles. The molecule has 0 radical (unpaired) electrons. The van der Waals surface area contributed by atoms with E-state index in [4.69, 9.17) is 9.47 Å². The molecule has 0 aromatic rings. The summed E-state index contributed by atoms with van der Waals surface area (Å²) in [7, 11) is 0. The first-order chi connectivity index (χ1) is 8.18. The van der Waals surface area contributed by atoms with E-state index in [2.05, 4.69) is 0 Å². The van der Waals surface area contributed by atoms with Gasteiger partial charge in [0.15, 0.2) is 0 Å². The second-order valence-electron chi connectivity index (χ2n) is 4.41. The van der Waals surface area contributed by atoms with Crippen molar-refractivity contribution in [3.8, 4) is 0 Å². The Labute approximate surface area is 100 Å². The minimum absolute atomic E-state index is 0.0329. The summed E-state index contributed by atoms with van der Waals surface area (Å²) in [6.07, 6.45) is 0.779. The average Bonchev–Trinajstić information content (AvgIpc) is 2.72. The molecule has 0 aromatic heterocycles. The summed E-state index contributed by atoms with van der Waals surface area (Å²) in [4.78, 5) is 26.4. The van der Waals surface area contributed by atoms with E-state index in [0.717, 1.165) is 6.42 Å². The molecular formula is C11H18N2O4. The van der Waals surface area contributed by atoms with Gasteiger partial charge in [-0.05, 0) is 13.3 Å². The summed E-state index contributed by atoms with van der Waals surface area (Å²) < 4.78 is 10.1. The molecule has 0 N–H and O–H groups in total. The number of carbonyl (C=O) groups is 2. The van der Waals surface area contributed by atoms with Crippen LogP contribution in [0.5, 0.6) is 0 Å². The van der Waals surface area contributed by atoms with Gasteiger partial charge in [0.25, 0.3) is 0 Å². The molecule has 17 heavy (non-hydrogen) atoms. The Bertz CT molecular complexity index is 308. The predicted molar refractivity (Wildman–Crippen MR) is 59.1 cm³/mol. The number of morpholine rings is 1. The second-order valence-corrected chi connectivity index (χ2v) is 4.41. The molecule has 2 aliphatic rings. The van der Waals surface area contributed by atoms with Crippen molar-refractivity contribution in [2.75, 3.05) is 39.6 Å². The van der Waals surface area contributed by atoms with Gasteiger partial charge < -0.3 is 19.3 Å². The monoisotopic (exact) mass is 242 g/mol. The maximum atomic E-state index is 11.6. The summed E-state index contributed by atoms with van der Waals surface area (Å²) in [5, 5.41) is 0. The van der Waals surface area contributed by atoms with Gasteiger partial charge in [0.1, 0.15) is 19.9 Å². The van der Waals surface area contributed by atoms with Crippen molar-refractivity contribution < 1.29 is 19.1 Å². The highest BCUT2D eigenvalue weighted by atomic mass is 16.5. The van der Waals surface area contributed by atoms with Gasteiger partial charge in [-0.3, -0.25) is 9.59 Å². The van der Waals surface area contributed by atoms with E-state index in [0.29, 0.717) is 26.4 Å². The van der Waals surface area contributed by atoms with Gasteiger partial charge >= 0.3 is 0 Å². The zero-order valence-electron chi connectivity index (χ0n) is 10.1. The lowest BCUT2D eigenvalue weighted by atomic mass is 10.2. The van der Waals surface area contributed by atoms with E-state index >= 15 is 0 Å². The largest absolute Gasteiger partial charge is 0.370 e. The number of ether oxygens (including phenoxy) is 2. The van der Waals surface area contributed by atoms with Gasteiger partial charge in [0.2, 0.25) is 11.8 Å². The number of hydrogen-bond donors (Lipinski definition) is 0. The fourth-order valence-corrected chi connectivity index (χ4v) is 2.09. The van der Waals surface area contributed by atoms with E-state index in [1.54, 1.807) is 4.90 Å². The van der Waals surface area contributed by atoms with Crippen LogP contribution >= 0.6 is 0 Å². The minimum atomic E-state index is 0.0329. The fourth-order valence-electron chi connectivity index (χ4n) is 2.09. The molecule has 1 unspecified atom stereocenters. The summed E-state index contributed by atoms with van der Waals surface area (Å²) in [6, 6.07) is 0.139. The summed E-state index contributed by atoms with van der Waals surface area (Å²) in [6.45, 7) is 4.63. The first kappa shape index (κ1) is 12.3. The number of hydrogen-bond acceptors (Lipinski definition) is 4. The van der Waals surface area contributed by atoms with Crippen molar-refractivity contribution in [3.05, 3.63) is 0 Å². The highest BCUT2D eigenvalue weighted by Crippen LogP contribution is 2.10. The van der Waals surface area contributed by atoms with Crippen LogP contribution in [0.2, 0.25) is 0 Å². The highest BCUT2D eigenvalue weighted by Gasteiger charge is 2.26. The SMILES string of the molecule is CC(CCN1COCC1=O)N1CCOCC1=O. The van der Waals surface area contributed by atoms with E-state index in [1.807, 2.05) is 11.8 Å². The lowest BCUT2D eigenvalue weighted by Crippen LogP contribution is -2.47. The fraction of sp³-hybridized carbons (Fsp3) is 0.818. The number of nitrogens with zero attached hydrogens (tertiary/aromatic N) is 2. The molecule has 2 saturated heterocycles. The third-order valence-corrected chi connectivity index (χ3v) is 3.20. The Kier molecular flexibility index (Phi) is 3.96. The van der Waals surface area contributed by atoms with Crippen molar-refractivity contribution in [2.24, 2.45) is 0 Å². The maximum Gasteiger partial charge on any atom is 0.250 e. The Morgan fingerprint density at radius 1 is 1.24 bits per heavy atom. The van der Waals surface area contributed by atoms with Gasteiger partial charge in [-0.2, -0.15) is 0 Å². The molecule has 1 atom stereocenters. The van der Waals surface area contributed by atoms with Crippen LogP contribution in [-0.2, 0) is 19.1 Å². The van der Waals surface area contributed by atoms with Crippen molar-refractivity contribution in [2.45, 2.75) is 19.4 Å². The van der Waals surface area contributed by atoms with Crippen LogP contribution in [0.3, 0.4) is 0 Å². The zero-order chi connectivity index (χ0) is 12.3. The molecule has 0 saturated carbocycles. The van der Waals surface area contributed by atoms with E-state index in [1.165, 1.54) is 0 Å². The van der Waals surface area contributed by atoms with Gasteiger partial charge in [-0.15, -0.1) is 0 Å². The minimum Gasteiger partial charge on any atom is -0.370 e. The molecule has 0 aliphatic carbocycles. The third-order valence-electron chi connectivity index (χ3n) is 3.20. The van der Waals surface area contributed by atoms with Gasteiger partial charge in [0.05, 0.1) is 6.61 Å². The number of carbonyl (C=O) groups excluding carboxylic acids is 2. The van der Waals surface area contributed by atoms with Gasteiger partial charge in [-0.1, -0.05) is 0 Å². The van der Waals surface area contributed by atoms with Crippen molar-refractivity contribution in [3.63, 3.8) is 0 Å². The Morgan fingerprint density at radius 3 is 2.65 bits per heavy atom. The standard InChI is InChI=1S/C11H18N2O4/c1-9(13-4-5-16-7-11(13)15)2-3-12-8-17-6-10(12)14/h9H,2-8H2,1H3. The zero-order valence-corrected chi connectivity index (χ0v) is 10.1. The second kappa shape index (κ2) is 5.46.